The highest BCUT2D eigenvalue weighted by molar-refractivity contribution is 5.60. The van der Waals surface area contributed by atoms with E-state index in [0.29, 0.717) is 0 Å². The van der Waals surface area contributed by atoms with Crippen molar-refractivity contribution >= 4 is 0 Å². The van der Waals surface area contributed by atoms with Gasteiger partial charge >= 0.3 is 0 Å². The van der Waals surface area contributed by atoms with Crippen LogP contribution in [0.15, 0.2) is 29.1 Å². The molecule has 18 heavy (non-hydrogen) atoms. The standard InChI is InChI=1S/C15H18N2O/c1-4-5-14-16-13(9-15(18)17-14)12-7-6-10(2)11(3)8-12/h6-9H,4-5H2,1-3H3,(H,16,17,18). The molecule has 0 aliphatic heterocycles. The zero-order chi connectivity index (χ0) is 13.1. The second-order valence-corrected chi connectivity index (χ2v) is 4.63. The van der Waals surface area contributed by atoms with Gasteiger partial charge in [0.2, 0.25) is 0 Å². The van der Waals surface area contributed by atoms with Crippen LogP contribution in [-0.4, -0.2) is 9.97 Å². The molecule has 0 aliphatic carbocycles. The van der Waals surface area contributed by atoms with Crippen LogP contribution in [0.5, 0.6) is 0 Å². The molecule has 1 aromatic heterocycles. The van der Waals surface area contributed by atoms with E-state index in [1.165, 1.54) is 11.1 Å². The van der Waals surface area contributed by atoms with Gasteiger partial charge in [-0.2, -0.15) is 0 Å². The minimum absolute atomic E-state index is 0.0818. The van der Waals surface area contributed by atoms with Gasteiger partial charge in [0, 0.05) is 18.1 Å². The molecule has 2 aromatic rings. The molecule has 0 unspecified atom stereocenters. The number of rotatable bonds is 3. The highest BCUT2D eigenvalue weighted by atomic mass is 16.1. The molecule has 0 amide bonds. The molecule has 1 heterocycles. The summed E-state index contributed by atoms with van der Waals surface area (Å²) in [5, 5.41) is 0. The molecule has 1 aromatic carbocycles. The SMILES string of the molecule is CCCc1nc(-c2ccc(C)c(C)c2)cc(=O)[nH]1. The lowest BCUT2D eigenvalue weighted by molar-refractivity contribution is 0.827. The fourth-order valence-corrected chi connectivity index (χ4v) is 1.91. The van der Waals surface area contributed by atoms with E-state index in [1.807, 2.05) is 6.07 Å². The molecule has 94 valence electrons. The van der Waals surface area contributed by atoms with E-state index in [0.717, 1.165) is 29.9 Å². The summed E-state index contributed by atoms with van der Waals surface area (Å²) in [5.41, 5.74) is 4.14. The smallest absolute Gasteiger partial charge is 0.251 e. The van der Waals surface area contributed by atoms with E-state index >= 15 is 0 Å². The number of aromatic nitrogens is 2. The zero-order valence-corrected chi connectivity index (χ0v) is 11.1. The van der Waals surface area contributed by atoms with Gasteiger partial charge in [-0.3, -0.25) is 4.79 Å². The average Bonchev–Trinajstić information content (AvgIpc) is 2.32. The molecule has 0 aliphatic rings. The number of aromatic amines is 1. The summed E-state index contributed by atoms with van der Waals surface area (Å²) in [5.74, 6) is 0.762. The first-order valence-corrected chi connectivity index (χ1v) is 6.28. The van der Waals surface area contributed by atoms with E-state index in [1.54, 1.807) is 6.07 Å². The molecule has 3 heteroatoms. The number of hydrogen-bond acceptors (Lipinski definition) is 2. The van der Waals surface area contributed by atoms with Crippen molar-refractivity contribution in [2.24, 2.45) is 0 Å². The summed E-state index contributed by atoms with van der Waals surface area (Å²) in [6.07, 6.45) is 1.77. The van der Waals surface area contributed by atoms with E-state index in [-0.39, 0.29) is 5.56 Å². The normalized spacial score (nSPS) is 10.6. The Morgan fingerprint density at radius 1 is 1.17 bits per heavy atom. The lowest BCUT2D eigenvalue weighted by Gasteiger charge is -2.06. The Morgan fingerprint density at radius 3 is 2.61 bits per heavy atom. The third-order valence-corrected chi connectivity index (χ3v) is 3.08. The maximum absolute atomic E-state index is 11.6. The van der Waals surface area contributed by atoms with Crippen molar-refractivity contribution < 1.29 is 0 Å². The van der Waals surface area contributed by atoms with Crippen molar-refractivity contribution in [3.8, 4) is 11.3 Å². The van der Waals surface area contributed by atoms with Crippen LogP contribution >= 0.6 is 0 Å². The van der Waals surface area contributed by atoms with E-state index < -0.39 is 0 Å². The highest BCUT2D eigenvalue weighted by Gasteiger charge is 2.04. The quantitative estimate of drug-likeness (QED) is 0.899. The predicted molar refractivity (Wildman–Crippen MR) is 73.8 cm³/mol. The fraction of sp³-hybridized carbons (Fsp3) is 0.333. The van der Waals surface area contributed by atoms with Gasteiger partial charge in [0.25, 0.3) is 5.56 Å². The Balaban J connectivity index is 2.49. The molecule has 0 saturated heterocycles. The predicted octanol–water partition coefficient (Wildman–Crippen LogP) is 3.01. The van der Waals surface area contributed by atoms with Gasteiger partial charge in [0.15, 0.2) is 0 Å². The number of H-pyrrole nitrogens is 1. The van der Waals surface area contributed by atoms with Crippen molar-refractivity contribution in [3.05, 3.63) is 51.6 Å². The first kappa shape index (κ1) is 12.6. The van der Waals surface area contributed by atoms with E-state index in [9.17, 15) is 4.79 Å². The van der Waals surface area contributed by atoms with Crippen molar-refractivity contribution in [2.75, 3.05) is 0 Å². The number of nitrogens with zero attached hydrogens (tertiary/aromatic N) is 1. The monoisotopic (exact) mass is 242 g/mol. The Kier molecular flexibility index (Phi) is 3.60. The number of nitrogens with one attached hydrogen (secondary N) is 1. The molecule has 0 spiro atoms. The maximum atomic E-state index is 11.6. The van der Waals surface area contributed by atoms with Crippen LogP contribution < -0.4 is 5.56 Å². The number of aryl methyl sites for hydroxylation is 3. The Hall–Kier alpha value is -1.90. The minimum Gasteiger partial charge on any atom is -0.311 e. The highest BCUT2D eigenvalue weighted by Crippen LogP contribution is 2.19. The molecule has 0 fully saturated rings. The van der Waals surface area contributed by atoms with Crippen LogP contribution in [0.3, 0.4) is 0 Å². The first-order valence-electron chi connectivity index (χ1n) is 6.28. The third kappa shape index (κ3) is 2.67. The zero-order valence-electron chi connectivity index (χ0n) is 11.1. The Bertz CT molecular complexity index is 614. The fourth-order valence-electron chi connectivity index (χ4n) is 1.91. The van der Waals surface area contributed by atoms with E-state index in [4.69, 9.17) is 0 Å². The van der Waals surface area contributed by atoms with E-state index in [2.05, 4.69) is 42.9 Å². The largest absolute Gasteiger partial charge is 0.311 e. The van der Waals surface area contributed by atoms with Gasteiger partial charge < -0.3 is 4.98 Å². The first-order chi connectivity index (χ1) is 8.60. The van der Waals surface area contributed by atoms with Crippen LogP contribution in [0, 0.1) is 13.8 Å². The van der Waals surface area contributed by atoms with Crippen molar-refractivity contribution in [1.82, 2.24) is 9.97 Å². The summed E-state index contributed by atoms with van der Waals surface area (Å²) < 4.78 is 0. The molecule has 0 bridgehead atoms. The molecule has 0 atom stereocenters. The van der Waals surface area contributed by atoms with Crippen molar-refractivity contribution in [2.45, 2.75) is 33.6 Å². The van der Waals surface area contributed by atoms with Gasteiger partial charge in [0.05, 0.1) is 5.69 Å². The topological polar surface area (TPSA) is 45.8 Å². The lowest BCUT2D eigenvalue weighted by atomic mass is 10.0. The minimum atomic E-state index is -0.0818. The summed E-state index contributed by atoms with van der Waals surface area (Å²) in [6.45, 7) is 6.22. The molecular formula is C15H18N2O. The molecular weight excluding hydrogens is 224 g/mol. The second kappa shape index (κ2) is 5.17. The summed E-state index contributed by atoms with van der Waals surface area (Å²) >= 11 is 0. The third-order valence-electron chi connectivity index (χ3n) is 3.08. The summed E-state index contributed by atoms with van der Waals surface area (Å²) in [7, 11) is 0. The molecule has 3 nitrogen and oxygen atoms in total. The van der Waals surface area contributed by atoms with Crippen molar-refractivity contribution in [1.29, 1.82) is 0 Å². The Labute approximate surface area is 107 Å². The second-order valence-electron chi connectivity index (χ2n) is 4.63. The van der Waals surface area contributed by atoms with Crippen LogP contribution in [0.1, 0.15) is 30.3 Å². The molecule has 0 saturated carbocycles. The van der Waals surface area contributed by atoms with Gasteiger partial charge in [-0.1, -0.05) is 19.1 Å². The summed E-state index contributed by atoms with van der Waals surface area (Å²) in [4.78, 5) is 18.9. The Morgan fingerprint density at radius 2 is 1.94 bits per heavy atom. The number of hydrogen-bond donors (Lipinski definition) is 1. The van der Waals surface area contributed by atoms with Gasteiger partial charge in [-0.15, -0.1) is 0 Å². The van der Waals surface area contributed by atoms with Crippen LogP contribution in [0.4, 0.5) is 0 Å². The van der Waals surface area contributed by atoms with Gasteiger partial charge in [-0.05, 0) is 37.5 Å². The lowest BCUT2D eigenvalue weighted by Crippen LogP contribution is -2.11. The van der Waals surface area contributed by atoms with Crippen molar-refractivity contribution in [3.63, 3.8) is 0 Å². The van der Waals surface area contributed by atoms with Gasteiger partial charge in [0.1, 0.15) is 5.82 Å². The van der Waals surface area contributed by atoms with Crippen LogP contribution in [0.2, 0.25) is 0 Å². The van der Waals surface area contributed by atoms with Crippen LogP contribution in [-0.2, 0) is 6.42 Å². The molecule has 1 N–H and O–H groups in total. The van der Waals surface area contributed by atoms with Crippen LogP contribution in [0.25, 0.3) is 11.3 Å². The number of benzene rings is 1. The molecule has 2 rings (SSSR count). The maximum Gasteiger partial charge on any atom is 0.251 e. The molecule has 0 radical (unpaired) electrons. The summed E-state index contributed by atoms with van der Waals surface area (Å²) in [6, 6.07) is 7.71. The average molecular weight is 242 g/mol. The van der Waals surface area contributed by atoms with Gasteiger partial charge in [-0.25, -0.2) is 4.98 Å².